The lowest BCUT2D eigenvalue weighted by atomic mass is 10.4. The Bertz CT molecular complexity index is 466. The van der Waals surface area contributed by atoms with Crippen LogP contribution in [0.3, 0.4) is 0 Å². The minimum atomic E-state index is 0.465. The van der Waals surface area contributed by atoms with E-state index < -0.39 is 0 Å². The predicted octanol–water partition coefficient (Wildman–Crippen LogP) is 2.37. The highest BCUT2D eigenvalue weighted by atomic mass is 79.9. The molecule has 72 valence electrons. The van der Waals surface area contributed by atoms with Gasteiger partial charge in [-0.1, -0.05) is 0 Å². The van der Waals surface area contributed by atoms with E-state index in [1.54, 1.807) is 12.5 Å². The number of nitrogens with two attached hydrogens (primary N) is 1. The molecule has 0 bridgehead atoms. The van der Waals surface area contributed by atoms with Crippen molar-refractivity contribution in [3.8, 4) is 5.69 Å². The molecule has 2 N–H and O–H groups in total. The van der Waals surface area contributed by atoms with Crippen LogP contribution in [0, 0.1) is 0 Å². The van der Waals surface area contributed by atoms with Crippen molar-refractivity contribution in [3.05, 3.63) is 33.9 Å². The average molecular weight is 318 g/mol. The molecule has 0 unspecified atom stereocenters. The Morgan fingerprint density at radius 2 is 2.07 bits per heavy atom. The molecule has 0 amide bonds. The van der Waals surface area contributed by atoms with Crippen LogP contribution in [-0.2, 0) is 0 Å². The smallest absolute Gasteiger partial charge is 0.139 e. The third-order valence-corrected chi connectivity index (χ3v) is 2.95. The second-order valence-corrected chi connectivity index (χ2v) is 4.24. The Hall–Kier alpha value is -0.880. The van der Waals surface area contributed by atoms with E-state index in [0.717, 1.165) is 14.8 Å². The van der Waals surface area contributed by atoms with Crippen molar-refractivity contribution >= 4 is 37.7 Å². The van der Waals surface area contributed by atoms with Crippen LogP contribution in [0.2, 0.25) is 0 Å². The van der Waals surface area contributed by atoms with E-state index in [1.165, 1.54) is 0 Å². The van der Waals surface area contributed by atoms with E-state index in [1.807, 2.05) is 16.8 Å². The number of hydrogen-bond donors (Lipinski definition) is 1. The summed E-state index contributed by atoms with van der Waals surface area (Å²) >= 11 is 6.65. The van der Waals surface area contributed by atoms with Crippen LogP contribution in [0.15, 0.2) is 33.9 Å². The van der Waals surface area contributed by atoms with E-state index in [-0.39, 0.29) is 0 Å². The molecule has 0 spiro atoms. The maximum atomic E-state index is 5.66. The lowest BCUT2D eigenvalue weighted by molar-refractivity contribution is 1.04. The Labute approximate surface area is 97.4 Å². The van der Waals surface area contributed by atoms with Crippen molar-refractivity contribution in [2.45, 2.75) is 0 Å². The number of halogens is 2. The van der Waals surface area contributed by atoms with Gasteiger partial charge < -0.3 is 10.3 Å². The second kappa shape index (κ2) is 3.70. The molecule has 0 saturated carbocycles. The fraction of sp³-hybridized carbons (Fsp3) is 0. The Kier molecular flexibility index (Phi) is 2.56. The Morgan fingerprint density at radius 1 is 1.29 bits per heavy atom. The lowest BCUT2D eigenvalue weighted by Crippen LogP contribution is -1.97. The Balaban J connectivity index is 2.57. The van der Waals surface area contributed by atoms with E-state index in [0.29, 0.717) is 5.82 Å². The van der Waals surface area contributed by atoms with E-state index in [4.69, 9.17) is 5.73 Å². The predicted molar refractivity (Wildman–Crippen MR) is 61.2 cm³/mol. The minimum Gasteiger partial charge on any atom is -0.383 e. The molecular formula is C8H6Br2N4. The van der Waals surface area contributed by atoms with Crippen LogP contribution in [0.25, 0.3) is 5.69 Å². The zero-order valence-corrected chi connectivity index (χ0v) is 10.2. The number of rotatable bonds is 1. The van der Waals surface area contributed by atoms with Crippen LogP contribution >= 0.6 is 31.9 Å². The third kappa shape index (κ3) is 1.67. The molecule has 6 heteroatoms. The summed E-state index contributed by atoms with van der Waals surface area (Å²) in [5.41, 5.74) is 6.57. The minimum absolute atomic E-state index is 0.465. The molecule has 2 aromatic heterocycles. The molecule has 0 aliphatic heterocycles. The highest BCUT2D eigenvalue weighted by molar-refractivity contribution is 9.11. The summed E-state index contributed by atoms with van der Waals surface area (Å²) in [6.07, 6.45) is 5.20. The molecule has 0 aliphatic carbocycles. The molecule has 2 rings (SSSR count). The topological polar surface area (TPSA) is 56.7 Å². The second-order valence-electron chi connectivity index (χ2n) is 2.63. The molecule has 0 aromatic carbocycles. The van der Waals surface area contributed by atoms with Gasteiger partial charge in [-0.05, 0) is 37.9 Å². The van der Waals surface area contributed by atoms with Crippen molar-refractivity contribution in [1.82, 2.24) is 14.5 Å². The lowest BCUT2D eigenvalue weighted by Gasteiger charge is -2.05. The third-order valence-electron chi connectivity index (χ3n) is 1.73. The molecule has 0 atom stereocenters. The summed E-state index contributed by atoms with van der Waals surface area (Å²) in [6, 6.07) is 1.86. The molecular weight excluding hydrogens is 312 g/mol. The molecule has 0 fully saturated rings. The fourth-order valence-corrected chi connectivity index (χ4v) is 1.83. The van der Waals surface area contributed by atoms with Crippen molar-refractivity contribution in [3.63, 3.8) is 0 Å². The van der Waals surface area contributed by atoms with Gasteiger partial charge in [-0.2, -0.15) is 0 Å². The number of imidazole rings is 1. The van der Waals surface area contributed by atoms with Crippen LogP contribution in [-0.4, -0.2) is 14.5 Å². The van der Waals surface area contributed by atoms with Gasteiger partial charge in [0.25, 0.3) is 0 Å². The number of hydrogen-bond acceptors (Lipinski definition) is 3. The number of nitrogen functional groups attached to an aromatic ring is 1. The number of pyridine rings is 1. The van der Waals surface area contributed by atoms with Crippen molar-refractivity contribution in [2.75, 3.05) is 5.73 Å². The number of nitrogens with zero attached hydrogens (tertiary/aromatic N) is 3. The molecule has 14 heavy (non-hydrogen) atoms. The van der Waals surface area contributed by atoms with Crippen molar-refractivity contribution in [1.29, 1.82) is 0 Å². The summed E-state index contributed by atoms with van der Waals surface area (Å²) in [5, 5.41) is 0. The first kappa shape index (κ1) is 9.67. The summed E-state index contributed by atoms with van der Waals surface area (Å²) in [6.45, 7) is 0. The highest BCUT2D eigenvalue weighted by Gasteiger charge is 2.06. The first-order valence-corrected chi connectivity index (χ1v) is 5.37. The van der Waals surface area contributed by atoms with Crippen LogP contribution in [0.5, 0.6) is 0 Å². The standard InChI is InChI=1S/C8H6Br2N4/c9-6-3-14(4-13-6)5-1-2-12-8(11)7(5)10/h1-4H,(H2,11,12). The zero-order valence-electron chi connectivity index (χ0n) is 6.98. The number of aromatic nitrogens is 3. The van der Waals surface area contributed by atoms with Crippen molar-refractivity contribution in [2.24, 2.45) is 0 Å². The van der Waals surface area contributed by atoms with Crippen LogP contribution in [0.1, 0.15) is 0 Å². The van der Waals surface area contributed by atoms with E-state index >= 15 is 0 Å². The van der Waals surface area contributed by atoms with Crippen LogP contribution < -0.4 is 5.73 Å². The van der Waals surface area contributed by atoms with Gasteiger partial charge in [0.1, 0.15) is 16.7 Å². The number of anilines is 1. The van der Waals surface area contributed by atoms with E-state index in [9.17, 15) is 0 Å². The maximum absolute atomic E-state index is 5.66. The van der Waals surface area contributed by atoms with Gasteiger partial charge >= 0.3 is 0 Å². The summed E-state index contributed by atoms with van der Waals surface area (Å²) in [7, 11) is 0. The molecule has 2 aromatic rings. The summed E-state index contributed by atoms with van der Waals surface area (Å²) in [4.78, 5) is 8.02. The van der Waals surface area contributed by atoms with Gasteiger partial charge in [0.15, 0.2) is 0 Å². The Morgan fingerprint density at radius 3 is 2.71 bits per heavy atom. The van der Waals surface area contributed by atoms with Gasteiger partial charge in [0.05, 0.1) is 10.2 Å². The van der Waals surface area contributed by atoms with E-state index in [2.05, 4.69) is 41.8 Å². The van der Waals surface area contributed by atoms with Gasteiger partial charge in [-0.25, -0.2) is 9.97 Å². The zero-order chi connectivity index (χ0) is 10.1. The average Bonchev–Trinajstić information content (AvgIpc) is 2.57. The van der Waals surface area contributed by atoms with Gasteiger partial charge in [-0.3, -0.25) is 0 Å². The monoisotopic (exact) mass is 316 g/mol. The van der Waals surface area contributed by atoms with Gasteiger partial charge in [0, 0.05) is 12.4 Å². The normalized spacial score (nSPS) is 10.4. The molecule has 0 saturated heterocycles. The largest absolute Gasteiger partial charge is 0.383 e. The SMILES string of the molecule is Nc1nccc(-n2cnc(Br)c2)c1Br. The maximum Gasteiger partial charge on any atom is 0.139 e. The van der Waals surface area contributed by atoms with Gasteiger partial charge in [-0.15, -0.1) is 0 Å². The van der Waals surface area contributed by atoms with Crippen LogP contribution in [0.4, 0.5) is 5.82 Å². The first-order valence-electron chi connectivity index (χ1n) is 3.78. The molecule has 0 radical (unpaired) electrons. The summed E-state index contributed by atoms with van der Waals surface area (Å²) < 4.78 is 3.40. The van der Waals surface area contributed by atoms with Crippen molar-refractivity contribution < 1.29 is 0 Å². The molecule has 4 nitrogen and oxygen atoms in total. The molecule has 2 heterocycles. The first-order chi connectivity index (χ1) is 6.68. The molecule has 0 aliphatic rings. The highest BCUT2D eigenvalue weighted by Crippen LogP contribution is 2.25. The fourth-order valence-electron chi connectivity index (χ4n) is 1.08. The van der Waals surface area contributed by atoms with Gasteiger partial charge in [0.2, 0.25) is 0 Å². The summed E-state index contributed by atoms with van der Waals surface area (Å²) in [5.74, 6) is 0.465. The quantitative estimate of drug-likeness (QED) is 0.878.